The van der Waals surface area contributed by atoms with Gasteiger partial charge in [0.25, 0.3) is 0 Å². The highest BCUT2D eigenvalue weighted by Gasteiger charge is 1.96. The van der Waals surface area contributed by atoms with Crippen LogP contribution in [0, 0.1) is 6.92 Å². The molecule has 56 valence electrons. The van der Waals surface area contributed by atoms with Crippen molar-refractivity contribution in [2.75, 3.05) is 5.75 Å². The molecule has 1 heterocycles. The molecule has 0 bridgehead atoms. The molecule has 0 atom stereocenters. The lowest BCUT2D eigenvalue weighted by atomic mass is 10.5. The van der Waals surface area contributed by atoms with Gasteiger partial charge in [-0.1, -0.05) is 18.7 Å². The second-order valence-electron chi connectivity index (χ2n) is 2.21. The van der Waals surface area contributed by atoms with Gasteiger partial charge in [0.05, 0.1) is 0 Å². The fourth-order valence-corrected chi connectivity index (χ4v) is 1.45. The average Bonchev–Trinajstić information content (AvgIpc) is 2.31. The highest BCUT2D eigenvalue weighted by Crippen LogP contribution is 2.20. The number of furan rings is 1. The first-order valence-electron chi connectivity index (χ1n) is 3.52. The van der Waals surface area contributed by atoms with Crippen LogP contribution in [0.3, 0.4) is 0 Å². The van der Waals surface area contributed by atoms with Crippen LogP contribution >= 0.6 is 11.8 Å². The van der Waals surface area contributed by atoms with E-state index in [-0.39, 0.29) is 0 Å². The maximum atomic E-state index is 5.35. The van der Waals surface area contributed by atoms with Crippen LogP contribution in [0.15, 0.2) is 21.6 Å². The molecule has 0 N–H and O–H groups in total. The van der Waals surface area contributed by atoms with Gasteiger partial charge in [-0.05, 0) is 25.5 Å². The van der Waals surface area contributed by atoms with Crippen molar-refractivity contribution in [1.82, 2.24) is 0 Å². The first-order valence-corrected chi connectivity index (χ1v) is 4.50. The van der Waals surface area contributed by atoms with Crippen LogP contribution in [0.2, 0.25) is 0 Å². The molecule has 1 aromatic heterocycles. The minimum atomic E-state index is 0.999. The van der Waals surface area contributed by atoms with E-state index in [2.05, 4.69) is 6.92 Å². The summed E-state index contributed by atoms with van der Waals surface area (Å²) >= 11 is 1.77. The largest absolute Gasteiger partial charge is 0.455 e. The van der Waals surface area contributed by atoms with E-state index in [1.807, 2.05) is 19.1 Å². The van der Waals surface area contributed by atoms with Crippen molar-refractivity contribution in [2.24, 2.45) is 0 Å². The second-order valence-corrected chi connectivity index (χ2v) is 3.31. The number of thioether (sulfide) groups is 1. The average molecular weight is 156 g/mol. The molecule has 0 saturated heterocycles. The van der Waals surface area contributed by atoms with Crippen molar-refractivity contribution in [3.8, 4) is 0 Å². The van der Waals surface area contributed by atoms with Gasteiger partial charge in [0.2, 0.25) is 0 Å². The molecule has 0 aliphatic rings. The maximum Gasteiger partial charge on any atom is 0.160 e. The zero-order valence-electron chi connectivity index (χ0n) is 6.39. The van der Waals surface area contributed by atoms with E-state index < -0.39 is 0 Å². The maximum absolute atomic E-state index is 5.35. The fourth-order valence-electron chi connectivity index (χ4n) is 0.692. The third-order valence-electron chi connectivity index (χ3n) is 1.16. The zero-order valence-corrected chi connectivity index (χ0v) is 7.20. The molecule has 0 radical (unpaired) electrons. The summed E-state index contributed by atoms with van der Waals surface area (Å²) in [5, 5.41) is 1.04. The second kappa shape index (κ2) is 3.71. The smallest absolute Gasteiger partial charge is 0.160 e. The summed E-state index contributed by atoms with van der Waals surface area (Å²) in [6.07, 6.45) is 1.20. The van der Waals surface area contributed by atoms with Crippen LogP contribution in [0.25, 0.3) is 0 Å². The molecule has 0 amide bonds. The van der Waals surface area contributed by atoms with Gasteiger partial charge in [0, 0.05) is 5.75 Å². The van der Waals surface area contributed by atoms with Crippen LogP contribution in [-0.4, -0.2) is 5.75 Å². The molecule has 2 heteroatoms. The molecule has 0 spiro atoms. The van der Waals surface area contributed by atoms with Gasteiger partial charge in [-0.25, -0.2) is 0 Å². The monoisotopic (exact) mass is 156 g/mol. The van der Waals surface area contributed by atoms with Gasteiger partial charge in [0.15, 0.2) is 5.09 Å². The normalized spacial score (nSPS) is 10.2. The Morgan fingerprint density at radius 1 is 1.50 bits per heavy atom. The molecule has 0 aliphatic heterocycles. The molecule has 0 fully saturated rings. The summed E-state index contributed by atoms with van der Waals surface area (Å²) < 4.78 is 5.35. The van der Waals surface area contributed by atoms with Gasteiger partial charge < -0.3 is 4.42 Å². The lowest BCUT2D eigenvalue weighted by molar-refractivity contribution is 0.448. The van der Waals surface area contributed by atoms with Crippen molar-refractivity contribution in [2.45, 2.75) is 25.4 Å². The van der Waals surface area contributed by atoms with Crippen molar-refractivity contribution < 1.29 is 4.42 Å². The molecule has 1 aromatic rings. The first kappa shape index (κ1) is 7.73. The minimum absolute atomic E-state index is 0.999. The minimum Gasteiger partial charge on any atom is -0.455 e. The van der Waals surface area contributed by atoms with Crippen molar-refractivity contribution in [1.29, 1.82) is 0 Å². The quantitative estimate of drug-likeness (QED) is 0.624. The molecule has 0 saturated carbocycles. The predicted octanol–water partition coefficient (Wildman–Crippen LogP) is 3.09. The van der Waals surface area contributed by atoms with Crippen LogP contribution in [-0.2, 0) is 0 Å². The van der Waals surface area contributed by atoms with Gasteiger partial charge in [-0.2, -0.15) is 0 Å². The Bertz CT molecular complexity index is 193. The van der Waals surface area contributed by atoms with Crippen LogP contribution in [0.5, 0.6) is 0 Å². The summed E-state index contributed by atoms with van der Waals surface area (Å²) in [4.78, 5) is 0. The number of hydrogen-bond acceptors (Lipinski definition) is 2. The van der Waals surface area contributed by atoms with Crippen molar-refractivity contribution >= 4 is 11.8 Å². The van der Waals surface area contributed by atoms with Crippen molar-refractivity contribution in [3.05, 3.63) is 17.9 Å². The van der Waals surface area contributed by atoms with Gasteiger partial charge >= 0.3 is 0 Å². The molecular formula is C8H12OS. The summed E-state index contributed by atoms with van der Waals surface area (Å²) in [6, 6.07) is 4.02. The Labute approximate surface area is 65.8 Å². The Morgan fingerprint density at radius 2 is 2.30 bits per heavy atom. The van der Waals surface area contributed by atoms with E-state index in [1.165, 1.54) is 6.42 Å². The van der Waals surface area contributed by atoms with Gasteiger partial charge in [-0.3, -0.25) is 0 Å². The predicted molar refractivity (Wildman–Crippen MR) is 44.5 cm³/mol. The molecule has 1 nitrogen and oxygen atoms in total. The lowest BCUT2D eigenvalue weighted by Crippen LogP contribution is -1.70. The molecule has 0 aromatic carbocycles. The van der Waals surface area contributed by atoms with Gasteiger partial charge in [0.1, 0.15) is 5.76 Å². The third kappa shape index (κ3) is 2.10. The van der Waals surface area contributed by atoms with Gasteiger partial charge in [-0.15, -0.1) is 0 Å². The zero-order chi connectivity index (χ0) is 7.40. The Morgan fingerprint density at radius 3 is 2.80 bits per heavy atom. The number of aryl methyl sites for hydroxylation is 1. The topological polar surface area (TPSA) is 13.1 Å². The first-order chi connectivity index (χ1) is 4.83. The Kier molecular flexibility index (Phi) is 2.87. The summed E-state index contributed by atoms with van der Waals surface area (Å²) in [5.41, 5.74) is 0. The molecule has 0 unspecified atom stereocenters. The van der Waals surface area contributed by atoms with Crippen LogP contribution in [0.1, 0.15) is 19.1 Å². The number of hydrogen-bond donors (Lipinski definition) is 0. The van der Waals surface area contributed by atoms with E-state index in [0.29, 0.717) is 0 Å². The Balaban J connectivity index is 2.42. The molecule has 1 rings (SSSR count). The summed E-state index contributed by atoms with van der Waals surface area (Å²) in [6.45, 7) is 4.14. The highest BCUT2D eigenvalue weighted by molar-refractivity contribution is 7.99. The van der Waals surface area contributed by atoms with Crippen LogP contribution in [0.4, 0.5) is 0 Å². The molecule has 0 aliphatic carbocycles. The van der Waals surface area contributed by atoms with E-state index in [1.54, 1.807) is 11.8 Å². The van der Waals surface area contributed by atoms with Crippen molar-refractivity contribution in [3.63, 3.8) is 0 Å². The highest BCUT2D eigenvalue weighted by atomic mass is 32.2. The SMILES string of the molecule is CCCSc1ccc(C)o1. The summed E-state index contributed by atoms with van der Waals surface area (Å²) in [5.74, 6) is 2.14. The lowest BCUT2D eigenvalue weighted by Gasteiger charge is -1.91. The standard InChI is InChI=1S/C8H12OS/c1-3-6-10-8-5-4-7(2)9-8/h4-5H,3,6H2,1-2H3. The fraction of sp³-hybridized carbons (Fsp3) is 0.500. The summed E-state index contributed by atoms with van der Waals surface area (Å²) in [7, 11) is 0. The molecular weight excluding hydrogens is 144 g/mol. The third-order valence-corrected chi connectivity index (χ3v) is 2.28. The van der Waals surface area contributed by atoms with E-state index in [0.717, 1.165) is 16.6 Å². The molecule has 10 heavy (non-hydrogen) atoms. The Hall–Kier alpha value is -0.370. The van der Waals surface area contributed by atoms with E-state index in [4.69, 9.17) is 4.42 Å². The number of rotatable bonds is 3. The van der Waals surface area contributed by atoms with E-state index >= 15 is 0 Å². The van der Waals surface area contributed by atoms with Crippen LogP contribution < -0.4 is 0 Å². The van der Waals surface area contributed by atoms with E-state index in [9.17, 15) is 0 Å².